The van der Waals surface area contributed by atoms with E-state index in [9.17, 15) is 15.4 Å². The van der Waals surface area contributed by atoms with Crippen LogP contribution in [0.1, 0.15) is 5.01 Å². The predicted molar refractivity (Wildman–Crippen MR) is 88.5 cm³/mol. The lowest BCUT2D eigenvalue weighted by atomic mass is 10.3. The van der Waals surface area contributed by atoms with Gasteiger partial charge in [-0.15, -0.1) is 11.3 Å². The summed E-state index contributed by atoms with van der Waals surface area (Å²) in [4.78, 5) is 14.5. The summed E-state index contributed by atoms with van der Waals surface area (Å²) in [6, 6.07) is 15.4. The van der Waals surface area contributed by atoms with Crippen molar-refractivity contribution in [1.29, 1.82) is 5.26 Å². The van der Waals surface area contributed by atoms with E-state index in [0.29, 0.717) is 10.7 Å². The van der Waals surface area contributed by atoms with Crippen molar-refractivity contribution in [2.24, 2.45) is 5.10 Å². The van der Waals surface area contributed by atoms with Gasteiger partial charge >= 0.3 is 0 Å². The van der Waals surface area contributed by atoms with Crippen molar-refractivity contribution >= 4 is 38.6 Å². The van der Waals surface area contributed by atoms with Crippen molar-refractivity contribution in [2.45, 2.75) is 0 Å². The number of para-hydroxylation sites is 1. The molecule has 1 N–H and O–H groups in total. The van der Waals surface area contributed by atoms with Crippen LogP contribution in [0.25, 0.3) is 10.2 Å². The number of fused-ring (bicyclic) bond motifs is 1. The normalized spacial score (nSPS) is 11.2. The standard InChI is InChI=1S/C15H9N5O2S/c16-9-13(15-17-12-3-1-2-4-14(12)23-15)19-18-10-5-7-11(8-6-10)20(21)22/h1-8,18H/b19-13+. The molecule has 2 aromatic carbocycles. The zero-order valence-corrected chi connectivity index (χ0v) is 12.4. The van der Waals surface area contributed by atoms with Crippen molar-refractivity contribution in [3.63, 3.8) is 0 Å². The molecule has 0 amide bonds. The highest BCUT2D eigenvalue weighted by atomic mass is 32.1. The fraction of sp³-hybridized carbons (Fsp3) is 0. The number of nitrogens with one attached hydrogen (secondary N) is 1. The van der Waals surface area contributed by atoms with E-state index in [1.54, 1.807) is 0 Å². The number of nitro groups is 1. The van der Waals surface area contributed by atoms with Crippen LogP contribution in [0.15, 0.2) is 53.6 Å². The molecule has 3 rings (SSSR count). The van der Waals surface area contributed by atoms with Crippen LogP contribution in [-0.2, 0) is 0 Å². The van der Waals surface area contributed by atoms with E-state index < -0.39 is 4.92 Å². The van der Waals surface area contributed by atoms with Gasteiger partial charge in [-0.1, -0.05) is 12.1 Å². The molecule has 0 aliphatic rings. The lowest BCUT2D eigenvalue weighted by Gasteiger charge is -2.00. The SMILES string of the molecule is N#C/C(=N\Nc1ccc([N+](=O)[O-])cc1)c1nc2ccccc2s1. The van der Waals surface area contributed by atoms with Gasteiger partial charge < -0.3 is 0 Å². The molecule has 3 aromatic rings. The van der Waals surface area contributed by atoms with Crippen LogP contribution < -0.4 is 5.43 Å². The first-order valence-electron chi connectivity index (χ1n) is 6.51. The van der Waals surface area contributed by atoms with E-state index in [1.165, 1.54) is 35.6 Å². The number of thiazole rings is 1. The molecule has 7 nitrogen and oxygen atoms in total. The number of nitro benzene ring substituents is 1. The van der Waals surface area contributed by atoms with E-state index >= 15 is 0 Å². The van der Waals surface area contributed by atoms with Crippen molar-refractivity contribution in [1.82, 2.24) is 4.98 Å². The fourth-order valence-electron chi connectivity index (χ4n) is 1.87. The van der Waals surface area contributed by atoms with Gasteiger partial charge in [-0.05, 0) is 24.3 Å². The molecule has 0 unspecified atom stereocenters. The van der Waals surface area contributed by atoms with E-state index in [4.69, 9.17) is 0 Å². The number of hydrazone groups is 1. The lowest BCUT2D eigenvalue weighted by molar-refractivity contribution is -0.384. The third-order valence-corrected chi connectivity index (χ3v) is 4.02. The number of anilines is 1. The molecule has 0 spiro atoms. The summed E-state index contributed by atoms with van der Waals surface area (Å²) in [5, 5.41) is 24.4. The quantitative estimate of drug-likeness (QED) is 0.449. The number of nitrogens with zero attached hydrogens (tertiary/aromatic N) is 4. The van der Waals surface area contributed by atoms with E-state index in [-0.39, 0.29) is 11.4 Å². The average Bonchev–Trinajstić information content (AvgIpc) is 2.99. The van der Waals surface area contributed by atoms with Crippen molar-refractivity contribution in [3.8, 4) is 6.07 Å². The molecule has 8 heteroatoms. The summed E-state index contributed by atoms with van der Waals surface area (Å²) < 4.78 is 0.973. The first kappa shape index (κ1) is 14.6. The second-order valence-corrected chi connectivity index (χ2v) is 5.51. The van der Waals surface area contributed by atoms with Crippen LogP contribution >= 0.6 is 11.3 Å². The molecule has 0 aliphatic carbocycles. The van der Waals surface area contributed by atoms with Crippen molar-refractivity contribution in [2.75, 3.05) is 5.43 Å². The van der Waals surface area contributed by atoms with Crippen LogP contribution in [0.2, 0.25) is 0 Å². The molecule has 0 saturated carbocycles. The molecule has 1 aromatic heterocycles. The molecular formula is C15H9N5O2S. The molecule has 1 heterocycles. The van der Waals surface area contributed by atoms with Gasteiger partial charge in [0.25, 0.3) is 5.69 Å². The largest absolute Gasteiger partial charge is 0.277 e. The summed E-state index contributed by atoms with van der Waals surface area (Å²) in [6.07, 6.45) is 0. The highest BCUT2D eigenvalue weighted by Crippen LogP contribution is 2.22. The number of rotatable bonds is 4. The molecule has 0 atom stereocenters. The third-order valence-electron chi connectivity index (χ3n) is 2.98. The van der Waals surface area contributed by atoms with E-state index in [2.05, 4.69) is 15.5 Å². The van der Waals surface area contributed by atoms with Gasteiger partial charge in [0.1, 0.15) is 6.07 Å². The summed E-state index contributed by atoms with van der Waals surface area (Å²) in [6.45, 7) is 0. The number of nitriles is 1. The highest BCUT2D eigenvalue weighted by molar-refractivity contribution is 7.20. The zero-order chi connectivity index (χ0) is 16.2. The molecule has 0 fully saturated rings. The Morgan fingerprint density at radius 1 is 1.26 bits per heavy atom. The Hall–Kier alpha value is -3.31. The van der Waals surface area contributed by atoms with Crippen LogP contribution in [0.3, 0.4) is 0 Å². The molecule has 23 heavy (non-hydrogen) atoms. The van der Waals surface area contributed by atoms with Crippen molar-refractivity contribution < 1.29 is 4.92 Å². The molecule has 0 bridgehead atoms. The maximum absolute atomic E-state index is 10.6. The number of benzene rings is 2. The number of aromatic nitrogens is 1. The molecule has 112 valence electrons. The molecular weight excluding hydrogens is 314 g/mol. The van der Waals surface area contributed by atoms with Gasteiger partial charge in [0.05, 0.1) is 20.8 Å². The van der Waals surface area contributed by atoms with Gasteiger partial charge in [0, 0.05) is 12.1 Å². The second kappa shape index (κ2) is 6.21. The predicted octanol–water partition coefficient (Wildman–Crippen LogP) is 3.54. The summed E-state index contributed by atoms with van der Waals surface area (Å²) in [5.74, 6) is 0. The van der Waals surface area contributed by atoms with Crippen LogP contribution in [0.4, 0.5) is 11.4 Å². The van der Waals surface area contributed by atoms with Crippen LogP contribution in [0.5, 0.6) is 0 Å². The molecule has 0 saturated heterocycles. The average molecular weight is 323 g/mol. The topological polar surface area (TPSA) is 104 Å². The summed E-state index contributed by atoms with van der Waals surface area (Å²) in [5.41, 5.74) is 4.22. The van der Waals surface area contributed by atoms with Gasteiger partial charge in [-0.2, -0.15) is 10.4 Å². The Morgan fingerprint density at radius 3 is 2.65 bits per heavy atom. The minimum atomic E-state index is -0.477. The Morgan fingerprint density at radius 2 is 2.00 bits per heavy atom. The lowest BCUT2D eigenvalue weighted by Crippen LogP contribution is -2.01. The van der Waals surface area contributed by atoms with Crippen molar-refractivity contribution in [3.05, 3.63) is 63.7 Å². The highest BCUT2D eigenvalue weighted by Gasteiger charge is 2.10. The Balaban J connectivity index is 1.84. The maximum atomic E-state index is 10.6. The number of hydrogen-bond acceptors (Lipinski definition) is 7. The Kier molecular flexibility index (Phi) is 3.95. The van der Waals surface area contributed by atoms with Gasteiger partial charge in [-0.25, -0.2) is 4.98 Å². The zero-order valence-electron chi connectivity index (χ0n) is 11.6. The first-order chi connectivity index (χ1) is 11.2. The minimum absolute atomic E-state index is 0.00814. The fourth-order valence-corrected chi connectivity index (χ4v) is 2.78. The number of non-ortho nitro benzene ring substituents is 1. The van der Waals surface area contributed by atoms with Gasteiger partial charge in [-0.3, -0.25) is 15.5 Å². The Labute approximate surface area is 134 Å². The van der Waals surface area contributed by atoms with Crippen LogP contribution in [0, 0.1) is 21.4 Å². The van der Waals surface area contributed by atoms with Gasteiger partial charge in [0.15, 0.2) is 10.7 Å². The third kappa shape index (κ3) is 3.14. The van der Waals surface area contributed by atoms with E-state index in [1.807, 2.05) is 30.3 Å². The van der Waals surface area contributed by atoms with Crippen LogP contribution in [-0.4, -0.2) is 15.6 Å². The minimum Gasteiger partial charge on any atom is -0.277 e. The number of hydrogen-bond donors (Lipinski definition) is 1. The monoisotopic (exact) mass is 323 g/mol. The molecule has 0 radical (unpaired) electrons. The van der Waals surface area contributed by atoms with E-state index in [0.717, 1.165) is 10.2 Å². The summed E-state index contributed by atoms with van der Waals surface area (Å²) >= 11 is 1.38. The Bertz CT molecular complexity index is 907. The van der Waals surface area contributed by atoms with Gasteiger partial charge in [0.2, 0.25) is 0 Å². The maximum Gasteiger partial charge on any atom is 0.269 e. The smallest absolute Gasteiger partial charge is 0.269 e. The summed E-state index contributed by atoms with van der Waals surface area (Å²) in [7, 11) is 0. The molecule has 0 aliphatic heterocycles. The second-order valence-electron chi connectivity index (χ2n) is 4.47. The first-order valence-corrected chi connectivity index (χ1v) is 7.33.